The molecule has 3 aromatic rings. The maximum Gasteiger partial charge on any atom is 0.253 e. The lowest BCUT2D eigenvalue weighted by Crippen LogP contribution is -2.40. The second kappa shape index (κ2) is 14.2. The molecule has 224 valence electrons. The highest BCUT2D eigenvalue weighted by molar-refractivity contribution is 14.1. The van der Waals surface area contributed by atoms with Gasteiger partial charge in [0, 0.05) is 68.8 Å². The molecule has 2 aromatic carbocycles. The Kier molecular flexibility index (Phi) is 10.4. The van der Waals surface area contributed by atoms with Crippen molar-refractivity contribution in [1.29, 1.82) is 0 Å². The SMILES string of the molecule is CCN(c1cc(-c2ccc(CN3CCOCC3)cc2)cc(C(=O)NCc2c(C)cc(I)[nH]c2=O)c1C)C1CCOCC1. The van der Waals surface area contributed by atoms with Gasteiger partial charge in [-0.15, -0.1) is 0 Å². The van der Waals surface area contributed by atoms with Crippen molar-refractivity contribution in [2.75, 3.05) is 51.0 Å². The standard InChI is InChI=1S/C33H41IN4O4/c1-4-38(27-9-13-41-14-10-27)30-19-26(25-7-5-24(6-8-25)21-37-11-15-42-16-12-37)18-28(23(30)3)32(39)35-20-29-22(2)17-31(34)36-33(29)40/h5-8,17-19,27H,4,9-16,20-21H2,1-3H3,(H,35,39)(H,36,40). The molecule has 2 saturated heterocycles. The van der Waals surface area contributed by atoms with Crippen molar-refractivity contribution in [1.82, 2.24) is 15.2 Å². The van der Waals surface area contributed by atoms with E-state index in [0.29, 0.717) is 17.2 Å². The molecule has 0 aliphatic carbocycles. The lowest BCUT2D eigenvalue weighted by molar-refractivity contribution is 0.0342. The molecule has 0 saturated carbocycles. The van der Waals surface area contributed by atoms with Crippen LogP contribution in [0.1, 0.15) is 52.4 Å². The van der Waals surface area contributed by atoms with Crippen LogP contribution in [0.25, 0.3) is 11.1 Å². The number of nitrogens with zero attached hydrogens (tertiary/aromatic N) is 2. The van der Waals surface area contributed by atoms with Gasteiger partial charge in [0.05, 0.1) is 16.9 Å². The van der Waals surface area contributed by atoms with Crippen molar-refractivity contribution in [3.63, 3.8) is 0 Å². The van der Waals surface area contributed by atoms with Gasteiger partial charge in [-0.05, 0) is 102 Å². The molecule has 0 atom stereocenters. The van der Waals surface area contributed by atoms with Crippen LogP contribution in [-0.2, 0) is 22.6 Å². The molecule has 9 heteroatoms. The van der Waals surface area contributed by atoms with Crippen LogP contribution in [0, 0.1) is 17.5 Å². The molecular formula is C33H41IN4O4. The topological polar surface area (TPSA) is 86.9 Å². The molecular weight excluding hydrogens is 643 g/mol. The summed E-state index contributed by atoms with van der Waals surface area (Å²) in [4.78, 5) is 34.0. The van der Waals surface area contributed by atoms with E-state index in [1.165, 1.54) is 5.56 Å². The summed E-state index contributed by atoms with van der Waals surface area (Å²) in [6, 6.07) is 15.2. The number of hydrogen-bond acceptors (Lipinski definition) is 6. The third-order valence-corrected chi connectivity index (χ3v) is 9.04. The lowest BCUT2D eigenvalue weighted by Gasteiger charge is -2.37. The maximum absolute atomic E-state index is 13.7. The van der Waals surface area contributed by atoms with Crippen LogP contribution < -0.4 is 15.8 Å². The third kappa shape index (κ3) is 7.24. The minimum Gasteiger partial charge on any atom is -0.381 e. The summed E-state index contributed by atoms with van der Waals surface area (Å²) < 4.78 is 11.9. The highest BCUT2D eigenvalue weighted by atomic mass is 127. The van der Waals surface area contributed by atoms with Crippen molar-refractivity contribution in [3.05, 3.63) is 84.3 Å². The Morgan fingerprint density at radius 2 is 1.71 bits per heavy atom. The number of ether oxygens (including phenoxy) is 2. The second-order valence-corrected chi connectivity index (χ2v) is 12.3. The van der Waals surface area contributed by atoms with Crippen molar-refractivity contribution >= 4 is 34.2 Å². The first-order chi connectivity index (χ1) is 20.3. The Morgan fingerprint density at radius 3 is 2.38 bits per heavy atom. The van der Waals surface area contributed by atoms with Gasteiger partial charge in [-0.25, -0.2) is 0 Å². The van der Waals surface area contributed by atoms with Gasteiger partial charge in [-0.1, -0.05) is 24.3 Å². The van der Waals surface area contributed by atoms with E-state index in [1.807, 2.05) is 26.0 Å². The number of aromatic amines is 1. The number of carbonyl (C=O) groups is 1. The zero-order valence-electron chi connectivity index (χ0n) is 24.8. The number of hydrogen-bond donors (Lipinski definition) is 2. The second-order valence-electron chi connectivity index (χ2n) is 11.2. The Hall–Kier alpha value is -2.73. The molecule has 8 nitrogen and oxygen atoms in total. The summed E-state index contributed by atoms with van der Waals surface area (Å²) in [6.45, 7) is 13.0. The lowest BCUT2D eigenvalue weighted by atomic mass is 9.94. The first kappa shape index (κ1) is 30.7. The molecule has 0 unspecified atom stereocenters. The molecule has 2 fully saturated rings. The first-order valence-corrected chi connectivity index (χ1v) is 16.0. The molecule has 3 heterocycles. The van der Waals surface area contributed by atoms with Crippen molar-refractivity contribution in [3.8, 4) is 11.1 Å². The summed E-state index contributed by atoms with van der Waals surface area (Å²) in [5, 5.41) is 3.04. The number of carbonyl (C=O) groups excluding carboxylic acids is 1. The van der Waals surface area contributed by atoms with Gasteiger partial charge in [0.25, 0.3) is 11.5 Å². The number of benzene rings is 2. The van der Waals surface area contributed by atoms with Crippen LogP contribution in [0.2, 0.25) is 0 Å². The van der Waals surface area contributed by atoms with Crippen LogP contribution in [0.4, 0.5) is 5.69 Å². The number of nitrogens with one attached hydrogen (secondary N) is 2. The third-order valence-electron chi connectivity index (χ3n) is 8.46. The predicted molar refractivity (Wildman–Crippen MR) is 175 cm³/mol. The van der Waals surface area contributed by atoms with E-state index in [1.54, 1.807) is 0 Å². The van der Waals surface area contributed by atoms with Gasteiger partial charge in [0.2, 0.25) is 0 Å². The van der Waals surface area contributed by atoms with Crippen molar-refractivity contribution < 1.29 is 14.3 Å². The van der Waals surface area contributed by atoms with E-state index in [0.717, 1.165) is 97.1 Å². The smallest absolute Gasteiger partial charge is 0.253 e. The molecule has 1 aromatic heterocycles. The summed E-state index contributed by atoms with van der Waals surface area (Å²) >= 11 is 2.10. The highest BCUT2D eigenvalue weighted by Gasteiger charge is 2.25. The molecule has 0 spiro atoms. The molecule has 1 amide bonds. The molecule has 0 bridgehead atoms. The molecule has 2 aliphatic rings. The molecule has 42 heavy (non-hydrogen) atoms. The minimum absolute atomic E-state index is 0.167. The normalized spacial score (nSPS) is 16.4. The van der Waals surface area contributed by atoms with Crippen LogP contribution in [0.5, 0.6) is 0 Å². The van der Waals surface area contributed by atoms with E-state index in [2.05, 4.69) is 79.9 Å². The van der Waals surface area contributed by atoms with E-state index >= 15 is 0 Å². The number of anilines is 1. The fourth-order valence-corrected chi connectivity index (χ4v) is 6.71. The van der Waals surface area contributed by atoms with Crippen LogP contribution in [0.15, 0.2) is 47.3 Å². The van der Waals surface area contributed by atoms with E-state index in [9.17, 15) is 9.59 Å². The molecule has 5 rings (SSSR count). The van der Waals surface area contributed by atoms with Crippen LogP contribution >= 0.6 is 22.6 Å². The summed E-state index contributed by atoms with van der Waals surface area (Å²) in [5.74, 6) is -0.181. The summed E-state index contributed by atoms with van der Waals surface area (Å²) in [5.41, 5.74) is 7.27. The van der Waals surface area contributed by atoms with Gasteiger partial charge in [0.1, 0.15) is 0 Å². The van der Waals surface area contributed by atoms with Gasteiger partial charge in [-0.3, -0.25) is 14.5 Å². The van der Waals surface area contributed by atoms with Crippen molar-refractivity contribution in [2.45, 2.75) is 52.7 Å². The van der Waals surface area contributed by atoms with Crippen LogP contribution in [0.3, 0.4) is 0 Å². The van der Waals surface area contributed by atoms with E-state index < -0.39 is 0 Å². The maximum atomic E-state index is 13.7. The Balaban J connectivity index is 1.46. The molecule has 2 N–H and O–H groups in total. The van der Waals surface area contributed by atoms with Crippen molar-refractivity contribution in [2.24, 2.45) is 0 Å². The number of amides is 1. The van der Waals surface area contributed by atoms with Gasteiger partial charge in [0.15, 0.2) is 0 Å². The Morgan fingerprint density at radius 1 is 1.02 bits per heavy atom. The van der Waals surface area contributed by atoms with Gasteiger partial charge < -0.3 is 24.7 Å². The van der Waals surface area contributed by atoms with E-state index in [-0.39, 0.29) is 18.0 Å². The number of halogens is 1. The number of H-pyrrole nitrogens is 1. The highest BCUT2D eigenvalue weighted by Crippen LogP contribution is 2.34. The number of aryl methyl sites for hydroxylation is 1. The number of rotatable bonds is 9. The first-order valence-electron chi connectivity index (χ1n) is 14.9. The molecule has 0 radical (unpaired) electrons. The average Bonchev–Trinajstić information content (AvgIpc) is 2.99. The Bertz CT molecular complexity index is 1440. The zero-order chi connectivity index (χ0) is 29.6. The summed E-state index contributed by atoms with van der Waals surface area (Å²) in [6.07, 6.45) is 1.92. The fraction of sp³-hybridized carbons (Fsp3) is 0.455. The van der Waals surface area contributed by atoms with Gasteiger partial charge >= 0.3 is 0 Å². The predicted octanol–water partition coefficient (Wildman–Crippen LogP) is 5.03. The van der Waals surface area contributed by atoms with E-state index in [4.69, 9.17) is 9.47 Å². The minimum atomic E-state index is -0.181. The average molecular weight is 685 g/mol. The fourth-order valence-electron chi connectivity index (χ4n) is 6.00. The monoisotopic (exact) mass is 684 g/mol. The Labute approximate surface area is 261 Å². The molecule has 2 aliphatic heterocycles. The number of aromatic nitrogens is 1. The number of pyridine rings is 1. The largest absolute Gasteiger partial charge is 0.381 e. The quantitative estimate of drug-likeness (QED) is 0.243. The van der Waals surface area contributed by atoms with Gasteiger partial charge in [-0.2, -0.15) is 0 Å². The summed E-state index contributed by atoms with van der Waals surface area (Å²) in [7, 11) is 0. The zero-order valence-corrected chi connectivity index (χ0v) is 27.0. The number of morpholine rings is 1. The van der Waals surface area contributed by atoms with Crippen LogP contribution in [-0.4, -0.2) is 67.9 Å².